The number of aromatic nitrogens is 6. The minimum absolute atomic E-state index is 0.223. The van der Waals surface area contributed by atoms with Crippen LogP contribution < -0.4 is 5.56 Å². The summed E-state index contributed by atoms with van der Waals surface area (Å²) in [4.78, 5) is 24.5. The molecule has 2 aromatic rings. The van der Waals surface area contributed by atoms with Gasteiger partial charge in [-0.2, -0.15) is 5.10 Å². The largest absolute Gasteiger partial charge is 0.465 e. The number of carbonyl (C=O) groups excluding carboxylic acids is 1. The van der Waals surface area contributed by atoms with Gasteiger partial charge in [0.15, 0.2) is 11.5 Å². The van der Waals surface area contributed by atoms with Gasteiger partial charge in [0, 0.05) is 18.6 Å². The first kappa shape index (κ1) is 17.9. The van der Waals surface area contributed by atoms with Gasteiger partial charge in [0.25, 0.3) is 5.56 Å². The second-order valence-corrected chi connectivity index (χ2v) is 7.06. The van der Waals surface area contributed by atoms with Crippen molar-refractivity contribution in [3.63, 3.8) is 0 Å². The van der Waals surface area contributed by atoms with Crippen LogP contribution in [0.1, 0.15) is 42.5 Å². The van der Waals surface area contributed by atoms with Crippen LogP contribution in [0, 0.1) is 5.92 Å². The normalized spacial score (nSPS) is 12.7. The van der Waals surface area contributed by atoms with Crippen LogP contribution in [-0.2, 0) is 4.74 Å². The molecule has 1 atom stereocenters. The first-order chi connectivity index (χ1) is 13.5. The molecule has 0 unspecified atom stereocenters. The predicted octanol–water partition coefficient (Wildman–Crippen LogP) is 2.14. The fourth-order valence-corrected chi connectivity index (χ4v) is 3.39. The summed E-state index contributed by atoms with van der Waals surface area (Å²) >= 11 is 0. The van der Waals surface area contributed by atoms with Crippen molar-refractivity contribution in [1.29, 1.82) is 0 Å². The number of H-pyrrole nitrogens is 1. The maximum atomic E-state index is 12.3. The van der Waals surface area contributed by atoms with Crippen LogP contribution in [0.2, 0.25) is 0 Å². The van der Waals surface area contributed by atoms with Crippen LogP contribution in [0.4, 0.5) is 0 Å². The maximum Gasteiger partial charge on any atom is 0.341 e. The Morgan fingerprint density at radius 2 is 2.07 bits per heavy atom. The summed E-state index contributed by atoms with van der Waals surface area (Å²) < 4.78 is 8.63. The highest BCUT2D eigenvalue weighted by Crippen LogP contribution is 2.29. The Bertz CT molecular complexity index is 1170. The summed E-state index contributed by atoms with van der Waals surface area (Å²) in [6.45, 7) is 4.21. The Labute approximate surface area is 160 Å². The molecular weight excluding hydrogens is 360 g/mol. The van der Waals surface area contributed by atoms with Crippen molar-refractivity contribution in [2.24, 2.45) is 5.92 Å². The Morgan fingerprint density at radius 3 is 2.82 bits per heavy atom. The van der Waals surface area contributed by atoms with Crippen LogP contribution in [0.25, 0.3) is 16.9 Å². The molecule has 9 nitrogen and oxygen atoms in total. The van der Waals surface area contributed by atoms with Crippen molar-refractivity contribution in [2.45, 2.75) is 26.3 Å². The lowest BCUT2D eigenvalue weighted by Crippen LogP contribution is -2.20. The quantitative estimate of drug-likeness (QED) is 0.532. The second-order valence-electron chi connectivity index (χ2n) is 7.06. The Balaban J connectivity index is 1.95. The highest BCUT2D eigenvalue weighted by Gasteiger charge is 2.27. The van der Waals surface area contributed by atoms with E-state index < -0.39 is 5.97 Å². The van der Waals surface area contributed by atoms with Crippen LogP contribution in [0.5, 0.6) is 0 Å². The molecular formula is C19H20N6O3. The molecule has 0 aromatic carbocycles. The number of hydrogen-bond acceptors (Lipinski definition) is 6. The minimum Gasteiger partial charge on any atom is -0.465 e. The molecule has 2 aromatic heterocycles. The fourth-order valence-electron chi connectivity index (χ4n) is 3.39. The van der Waals surface area contributed by atoms with Gasteiger partial charge < -0.3 is 9.30 Å². The van der Waals surface area contributed by atoms with Crippen LogP contribution >= 0.6 is 0 Å². The number of methoxy groups -OCH3 is 1. The summed E-state index contributed by atoms with van der Waals surface area (Å²) in [6.07, 6.45) is 5.99. The van der Waals surface area contributed by atoms with Gasteiger partial charge in [0.1, 0.15) is 11.3 Å². The van der Waals surface area contributed by atoms with E-state index in [1.54, 1.807) is 12.4 Å². The predicted molar refractivity (Wildman–Crippen MR) is 101 cm³/mol. The number of aromatic amines is 1. The number of esters is 1. The summed E-state index contributed by atoms with van der Waals surface area (Å²) in [5.74, 6) is 0.502. The molecule has 144 valence electrons. The highest BCUT2D eigenvalue weighted by atomic mass is 16.5. The number of nitrogens with one attached hydrogen (secondary N) is 1. The third-order valence-corrected chi connectivity index (χ3v) is 4.68. The molecule has 9 heteroatoms. The molecule has 4 heterocycles. The van der Waals surface area contributed by atoms with Gasteiger partial charge in [-0.25, -0.2) is 9.89 Å². The summed E-state index contributed by atoms with van der Waals surface area (Å²) in [6, 6.07) is 5.45. The Morgan fingerprint density at radius 1 is 1.25 bits per heavy atom. The van der Waals surface area contributed by atoms with Crippen molar-refractivity contribution in [3.8, 4) is 11.3 Å². The zero-order valence-electron chi connectivity index (χ0n) is 15.8. The van der Waals surface area contributed by atoms with Gasteiger partial charge in [-0.3, -0.25) is 9.20 Å². The van der Waals surface area contributed by atoms with Crippen molar-refractivity contribution in [1.82, 2.24) is 29.4 Å². The molecule has 0 bridgehead atoms. The molecule has 0 fully saturated rings. The van der Waals surface area contributed by atoms with E-state index in [1.165, 1.54) is 7.11 Å². The van der Waals surface area contributed by atoms with E-state index in [0.29, 0.717) is 17.2 Å². The monoisotopic (exact) mass is 380 g/mol. The van der Waals surface area contributed by atoms with Crippen molar-refractivity contribution < 1.29 is 9.53 Å². The topological polar surface area (TPSA) is 107 Å². The SMILES string of the molecule is COC(=O)c1cn([C@H](CC(C)C)c2nnc3ccccn23)cc2c(=O)[nH]nc1-2. The molecule has 0 spiro atoms. The lowest BCUT2D eigenvalue weighted by atomic mass is 10.0. The second kappa shape index (κ2) is 6.91. The van der Waals surface area contributed by atoms with Gasteiger partial charge in [-0.1, -0.05) is 19.9 Å². The minimum atomic E-state index is -0.555. The lowest BCUT2D eigenvalue weighted by molar-refractivity contribution is 0.0600. The number of rotatable bonds is 5. The third kappa shape index (κ3) is 2.94. The molecule has 0 aliphatic carbocycles. The lowest BCUT2D eigenvalue weighted by Gasteiger charge is -2.22. The smallest absolute Gasteiger partial charge is 0.341 e. The number of hydrogen-bond donors (Lipinski definition) is 1. The average molecular weight is 380 g/mol. The first-order valence-corrected chi connectivity index (χ1v) is 8.97. The van der Waals surface area contributed by atoms with Gasteiger partial charge >= 0.3 is 5.97 Å². The van der Waals surface area contributed by atoms with Crippen LogP contribution in [0.15, 0.2) is 41.6 Å². The zero-order chi connectivity index (χ0) is 19.8. The van der Waals surface area contributed by atoms with E-state index in [2.05, 4.69) is 34.2 Å². The molecule has 0 radical (unpaired) electrons. The van der Waals surface area contributed by atoms with Gasteiger partial charge in [0.05, 0.1) is 18.7 Å². The molecule has 0 saturated heterocycles. The van der Waals surface area contributed by atoms with Crippen molar-refractivity contribution in [2.75, 3.05) is 7.11 Å². The number of pyridine rings is 2. The highest BCUT2D eigenvalue weighted by molar-refractivity contribution is 5.95. The molecule has 2 aliphatic rings. The van der Waals surface area contributed by atoms with Crippen molar-refractivity contribution >= 4 is 11.6 Å². The zero-order valence-corrected chi connectivity index (χ0v) is 15.8. The van der Waals surface area contributed by atoms with E-state index in [-0.39, 0.29) is 17.2 Å². The standard InChI is InChI=1S/C19H20N6O3/c1-11(2)8-14(17-22-20-15-6-4-5-7-25(15)17)24-9-12-16(21-23-18(12)26)13(10-24)19(27)28-3/h4-7,9-11,14H,8H2,1-3H3,(H,23,26)/t14-/m1/s1. The first-order valence-electron chi connectivity index (χ1n) is 8.97. The van der Waals surface area contributed by atoms with E-state index in [0.717, 1.165) is 17.9 Å². The van der Waals surface area contributed by atoms with Gasteiger partial charge in [-0.05, 0) is 24.5 Å². The molecule has 0 saturated carbocycles. The fraction of sp³-hybridized carbons (Fsp3) is 0.316. The van der Waals surface area contributed by atoms with Gasteiger partial charge in [0.2, 0.25) is 0 Å². The summed E-state index contributed by atoms with van der Waals surface area (Å²) in [5, 5.41) is 15.0. The molecule has 2 aliphatic heterocycles. The van der Waals surface area contributed by atoms with E-state index in [1.807, 2.05) is 33.4 Å². The summed E-state index contributed by atoms with van der Waals surface area (Å²) in [7, 11) is 1.30. The number of carbonyl (C=O) groups is 1. The number of ether oxygens (including phenoxy) is 1. The Hall–Kier alpha value is -3.49. The van der Waals surface area contributed by atoms with Crippen molar-refractivity contribution in [3.05, 3.63) is 58.5 Å². The molecule has 28 heavy (non-hydrogen) atoms. The average Bonchev–Trinajstić information content (AvgIpc) is 3.29. The maximum absolute atomic E-state index is 12.3. The number of fused-ring (bicyclic) bond motifs is 2. The molecule has 4 rings (SSSR count). The van der Waals surface area contributed by atoms with Gasteiger partial charge in [-0.15, -0.1) is 10.2 Å². The third-order valence-electron chi connectivity index (χ3n) is 4.68. The van der Waals surface area contributed by atoms with E-state index in [4.69, 9.17) is 4.74 Å². The van der Waals surface area contributed by atoms with E-state index in [9.17, 15) is 9.59 Å². The molecule has 1 N–H and O–H groups in total. The molecule has 0 amide bonds. The van der Waals surface area contributed by atoms with Crippen LogP contribution in [-0.4, -0.2) is 42.4 Å². The van der Waals surface area contributed by atoms with Crippen LogP contribution in [0.3, 0.4) is 0 Å². The summed E-state index contributed by atoms with van der Waals surface area (Å²) in [5.41, 5.74) is 1.21. The Kier molecular flexibility index (Phi) is 4.42. The number of nitrogens with zero attached hydrogens (tertiary/aromatic N) is 5. The van der Waals surface area contributed by atoms with E-state index >= 15 is 0 Å².